The van der Waals surface area contributed by atoms with E-state index in [0.717, 1.165) is 5.56 Å². The van der Waals surface area contributed by atoms with Crippen LogP contribution < -0.4 is 14.8 Å². The Bertz CT molecular complexity index is 823. The Morgan fingerprint density at radius 3 is 2.41 bits per heavy atom. The third kappa shape index (κ3) is 6.67. The minimum atomic E-state index is -3.68. The van der Waals surface area contributed by atoms with Crippen LogP contribution in [0.15, 0.2) is 59.5 Å². The first-order valence-electron chi connectivity index (χ1n) is 8.60. The molecule has 7 nitrogen and oxygen atoms in total. The van der Waals surface area contributed by atoms with Crippen molar-refractivity contribution in [2.24, 2.45) is 0 Å². The predicted molar refractivity (Wildman–Crippen MR) is 102 cm³/mol. The van der Waals surface area contributed by atoms with Crippen molar-refractivity contribution in [1.82, 2.24) is 10.0 Å². The van der Waals surface area contributed by atoms with Gasteiger partial charge in [-0.2, -0.15) is 0 Å². The van der Waals surface area contributed by atoms with Crippen molar-refractivity contribution in [2.45, 2.75) is 24.3 Å². The van der Waals surface area contributed by atoms with Crippen LogP contribution >= 0.6 is 0 Å². The van der Waals surface area contributed by atoms with Crippen molar-refractivity contribution >= 4 is 15.9 Å². The third-order valence-electron chi connectivity index (χ3n) is 3.79. The highest BCUT2D eigenvalue weighted by molar-refractivity contribution is 7.89. The van der Waals surface area contributed by atoms with Gasteiger partial charge in [-0.1, -0.05) is 30.3 Å². The van der Waals surface area contributed by atoms with Crippen molar-refractivity contribution in [3.63, 3.8) is 0 Å². The van der Waals surface area contributed by atoms with E-state index in [1.807, 2.05) is 30.3 Å². The Labute approximate surface area is 159 Å². The lowest BCUT2D eigenvalue weighted by molar-refractivity contribution is -0.123. The Morgan fingerprint density at radius 1 is 1.11 bits per heavy atom. The molecular formula is C19H24N2O5S. The zero-order chi connectivity index (χ0) is 19.7. The lowest BCUT2D eigenvalue weighted by Crippen LogP contribution is -2.30. The van der Waals surface area contributed by atoms with Gasteiger partial charge in [0.15, 0.2) is 6.61 Å². The highest BCUT2D eigenvalue weighted by Gasteiger charge is 2.18. The molecule has 2 rings (SSSR count). The molecule has 27 heavy (non-hydrogen) atoms. The van der Waals surface area contributed by atoms with Crippen LogP contribution in [0.1, 0.15) is 24.9 Å². The molecule has 0 aliphatic heterocycles. The van der Waals surface area contributed by atoms with Gasteiger partial charge in [0, 0.05) is 19.2 Å². The summed E-state index contributed by atoms with van der Waals surface area (Å²) < 4.78 is 33.0. The summed E-state index contributed by atoms with van der Waals surface area (Å²) in [5, 5.41) is 11.3. The highest BCUT2D eigenvalue weighted by atomic mass is 32.2. The van der Waals surface area contributed by atoms with E-state index >= 15 is 0 Å². The molecule has 0 radical (unpaired) electrons. The van der Waals surface area contributed by atoms with Gasteiger partial charge in [0.1, 0.15) is 5.75 Å². The summed E-state index contributed by atoms with van der Waals surface area (Å²) in [7, 11) is -3.68. The molecule has 0 bridgehead atoms. The summed E-state index contributed by atoms with van der Waals surface area (Å²) in [6.07, 6.45) is 0.479. The molecule has 2 aromatic rings. The first-order chi connectivity index (χ1) is 12.9. The molecule has 0 spiro atoms. The van der Waals surface area contributed by atoms with Gasteiger partial charge < -0.3 is 15.2 Å². The fourth-order valence-corrected chi connectivity index (χ4v) is 3.56. The summed E-state index contributed by atoms with van der Waals surface area (Å²) in [5.41, 5.74) is 0.869. The van der Waals surface area contributed by atoms with Crippen LogP contribution in [-0.2, 0) is 14.8 Å². The number of nitrogens with one attached hydrogen (secondary N) is 2. The molecule has 0 aromatic heterocycles. The second-order valence-corrected chi connectivity index (χ2v) is 7.65. The largest absolute Gasteiger partial charge is 0.484 e. The van der Waals surface area contributed by atoms with Crippen LogP contribution in [0.2, 0.25) is 0 Å². The van der Waals surface area contributed by atoms with Crippen molar-refractivity contribution in [3.8, 4) is 5.75 Å². The molecule has 8 heteroatoms. The van der Waals surface area contributed by atoms with Crippen molar-refractivity contribution in [1.29, 1.82) is 0 Å². The zero-order valence-electron chi connectivity index (χ0n) is 15.1. The number of hydrogen-bond donors (Lipinski definition) is 3. The molecule has 1 amide bonds. The predicted octanol–water partition coefficient (Wildman–Crippen LogP) is 1.60. The van der Waals surface area contributed by atoms with E-state index in [9.17, 15) is 13.2 Å². The van der Waals surface area contributed by atoms with Gasteiger partial charge in [-0.05, 0) is 43.2 Å². The number of carbonyl (C=O) groups is 1. The molecule has 3 N–H and O–H groups in total. The number of benzene rings is 2. The van der Waals surface area contributed by atoms with Crippen molar-refractivity contribution < 1.29 is 23.1 Å². The average molecular weight is 392 g/mol. The second-order valence-electron chi connectivity index (χ2n) is 5.94. The van der Waals surface area contributed by atoms with Crippen molar-refractivity contribution in [3.05, 3.63) is 60.2 Å². The monoisotopic (exact) mass is 392 g/mol. The van der Waals surface area contributed by atoms with Crippen LogP contribution in [0.3, 0.4) is 0 Å². The molecule has 0 saturated heterocycles. The molecule has 0 heterocycles. The topological polar surface area (TPSA) is 105 Å². The maximum absolute atomic E-state index is 12.5. The molecule has 146 valence electrons. The number of rotatable bonds is 10. The first-order valence-corrected chi connectivity index (χ1v) is 10.1. The maximum atomic E-state index is 12.5. The fraction of sp³-hybridized carbons (Fsp3) is 0.316. The van der Waals surface area contributed by atoms with E-state index < -0.39 is 10.0 Å². The van der Waals surface area contributed by atoms with E-state index in [4.69, 9.17) is 9.84 Å². The molecule has 0 saturated carbocycles. The number of amides is 1. The maximum Gasteiger partial charge on any atom is 0.257 e. The molecular weight excluding hydrogens is 368 g/mol. The summed E-state index contributed by atoms with van der Waals surface area (Å²) in [6, 6.07) is 14.8. The molecule has 2 aromatic carbocycles. The number of aliphatic hydroxyl groups is 1. The zero-order valence-corrected chi connectivity index (χ0v) is 15.9. The lowest BCUT2D eigenvalue weighted by Gasteiger charge is -2.15. The minimum Gasteiger partial charge on any atom is -0.484 e. The van der Waals surface area contributed by atoms with E-state index in [1.54, 1.807) is 6.92 Å². The third-order valence-corrected chi connectivity index (χ3v) is 5.35. The number of carbonyl (C=O) groups excluding carboxylic acids is 1. The van der Waals surface area contributed by atoms with Crippen LogP contribution in [0, 0.1) is 0 Å². The van der Waals surface area contributed by atoms with Gasteiger partial charge in [0.05, 0.1) is 4.90 Å². The van der Waals surface area contributed by atoms with Crippen LogP contribution in [0.4, 0.5) is 0 Å². The lowest BCUT2D eigenvalue weighted by atomic mass is 10.1. The smallest absolute Gasteiger partial charge is 0.257 e. The molecule has 1 atom stereocenters. The van der Waals surface area contributed by atoms with Gasteiger partial charge in [0.25, 0.3) is 5.91 Å². The number of ether oxygens (including phenoxy) is 1. The molecule has 0 unspecified atom stereocenters. The van der Waals surface area contributed by atoms with E-state index in [0.29, 0.717) is 18.7 Å². The van der Waals surface area contributed by atoms with Crippen molar-refractivity contribution in [2.75, 3.05) is 19.8 Å². The Balaban J connectivity index is 1.92. The van der Waals surface area contributed by atoms with Gasteiger partial charge >= 0.3 is 0 Å². The summed E-state index contributed by atoms with van der Waals surface area (Å²) in [6.45, 7) is 1.98. The SMILES string of the molecule is C[C@@H](NS(=O)(=O)c1ccc(OCC(=O)NCCCO)cc1)c1ccccc1. The van der Waals surface area contributed by atoms with Gasteiger partial charge in [-0.15, -0.1) is 0 Å². The summed E-state index contributed by atoms with van der Waals surface area (Å²) in [5.74, 6) is 0.0841. The minimum absolute atomic E-state index is 0.00793. The van der Waals surface area contributed by atoms with E-state index in [-0.39, 0.29) is 30.1 Å². The first kappa shape index (κ1) is 20.9. The van der Waals surface area contributed by atoms with E-state index in [2.05, 4.69) is 10.0 Å². The summed E-state index contributed by atoms with van der Waals surface area (Å²) in [4.78, 5) is 11.7. The number of sulfonamides is 1. The van der Waals surface area contributed by atoms with Gasteiger partial charge in [-0.3, -0.25) is 4.79 Å². The summed E-state index contributed by atoms with van der Waals surface area (Å²) >= 11 is 0. The Kier molecular flexibility index (Phi) is 7.78. The Morgan fingerprint density at radius 2 is 1.78 bits per heavy atom. The van der Waals surface area contributed by atoms with Crippen LogP contribution in [0.5, 0.6) is 5.75 Å². The second kappa shape index (κ2) is 10.1. The van der Waals surface area contributed by atoms with Gasteiger partial charge in [0.2, 0.25) is 10.0 Å². The normalized spacial score (nSPS) is 12.4. The molecule has 0 aliphatic carbocycles. The number of hydrogen-bond acceptors (Lipinski definition) is 5. The van der Waals surface area contributed by atoms with E-state index in [1.165, 1.54) is 24.3 Å². The fourth-order valence-electron chi connectivity index (χ4n) is 2.33. The van der Waals surface area contributed by atoms with Crippen LogP contribution in [-0.4, -0.2) is 39.2 Å². The quantitative estimate of drug-likeness (QED) is 0.533. The highest BCUT2D eigenvalue weighted by Crippen LogP contribution is 2.19. The standard InChI is InChI=1S/C19H24N2O5S/c1-15(16-6-3-2-4-7-16)21-27(24,25)18-10-8-17(9-11-18)26-14-19(23)20-12-5-13-22/h2-4,6-11,15,21-22H,5,12-14H2,1H3,(H,20,23)/t15-/m1/s1. The molecule has 0 aliphatic rings. The average Bonchev–Trinajstić information content (AvgIpc) is 2.67. The van der Waals surface area contributed by atoms with Gasteiger partial charge in [-0.25, -0.2) is 13.1 Å². The van der Waals surface area contributed by atoms with Crippen LogP contribution in [0.25, 0.3) is 0 Å². The Hall–Kier alpha value is -2.42. The number of aliphatic hydroxyl groups excluding tert-OH is 1. The molecule has 0 fully saturated rings.